The Morgan fingerprint density at radius 1 is 0.452 bits per heavy atom. The third-order valence-electron chi connectivity index (χ3n) is 2.96. The average molecular weight is 537 g/mol. The van der Waals surface area contributed by atoms with E-state index in [2.05, 4.69) is 18.2 Å². The van der Waals surface area contributed by atoms with Crippen molar-refractivity contribution in [3.05, 3.63) is 91.0 Å². The fraction of sp³-hybridized carbons (Fsp3) is 0. The van der Waals surface area contributed by atoms with Gasteiger partial charge in [-0.25, -0.2) is 0 Å². The van der Waals surface area contributed by atoms with Gasteiger partial charge in [0.2, 0.25) is 0 Å². The third kappa shape index (κ3) is 11.8. The van der Waals surface area contributed by atoms with Crippen molar-refractivity contribution in [1.82, 2.24) is 0 Å². The van der Waals surface area contributed by atoms with E-state index in [0.29, 0.717) is 0 Å². The second kappa shape index (κ2) is 12.8. The number of hydrogen-bond donors (Lipinski definition) is 3. The van der Waals surface area contributed by atoms with Crippen LogP contribution in [0.25, 0.3) is 0 Å². The van der Waals surface area contributed by atoms with E-state index in [4.69, 9.17) is 13.7 Å². The molecule has 0 aromatic heterocycles. The zero-order valence-electron chi connectivity index (χ0n) is 15.7. The van der Waals surface area contributed by atoms with E-state index < -0.39 is 30.4 Å². The topological polar surface area (TPSA) is 163 Å². The summed E-state index contributed by atoms with van der Waals surface area (Å²) >= 11 is 0. The summed E-state index contributed by atoms with van der Waals surface area (Å²) in [6, 6.07) is 24.0. The van der Waals surface area contributed by atoms with Crippen molar-refractivity contribution in [2.45, 2.75) is 14.7 Å². The van der Waals surface area contributed by atoms with Gasteiger partial charge in [-0.2, -0.15) is 79.9 Å². The minimum absolute atomic E-state index is 0. The molecule has 0 saturated heterocycles. The molecule has 0 radical (unpaired) electrons. The van der Waals surface area contributed by atoms with Crippen LogP contribution in [0.1, 0.15) is 0 Å². The molecule has 0 unspecified atom stereocenters. The summed E-state index contributed by atoms with van der Waals surface area (Å²) in [5.41, 5.74) is 0. The number of hydrogen-bond acceptors (Lipinski definition) is 6. The second-order valence-corrected chi connectivity index (χ2v) is 9.40. The van der Waals surface area contributed by atoms with Crippen molar-refractivity contribution >= 4 is 30.4 Å². The summed E-state index contributed by atoms with van der Waals surface area (Å²) in [6.45, 7) is 0. The van der Waals surface area contributed by atoms with E-state index >= 15 is 0 Å². The van der Waals surface area contributed by atoms with Crippen LogP contribution >= 0.6 is 0 Å². The molecule has 3 aromatic rings. The first-order chi connectivity index (χ1) is 13.8. The van der Waals surface area contributed by atoms with E-state index in [9.17, 15) is 25.3 Å². The van der Waals surface area contributed by atoms with Gasteiger partial charge >= 0.3 is 0 Å². The first kappa shape index (κ1) is 29.0. The van der Waals surface area contributed by atoms with Gasteiger partial charge < -0.3 is 0 Å². The van der Waals surface area contributed by atoms with Gasteiger partial charge in [-0.05, 0) is 14.7 Å². The Balaban J connectivity index is 0.000000429. The molecule has 164 valence electrons. The van der Waals surface area contributed by atoms with E-state index in [1.165, 1.54) is 72.8 Å². The quantitative estimate of drug-likeness (QED) is 0.258. The SMILES string of the molecule is O=S(=O)(O)c1cc[c-]cc1.O=S(=O)(O)c1cc[c-]cc1.O=S(=O)(O)c1cc[c-]cc1.[Zn]. The van der Waals surface area contributed by atoms with Crippen molar-refractivity contribution in [3.8, 4) is 0 Å². The maximum atomic E-state index is 10.4. The molecule has 0 aliphatic carbocycles. The third-order valence-corrected chi connectivity index (χ3v) is 5.56. The molecule has 0 heterocycles. The molecule has 0 amide bonds. The van der Waals surface area contributed by atoms with Crippen LogP contribution in [0.15, 0.2) is 87.5 Å². The Morgan fingerprint density at radius 3 is 0.710 bits per heavy atom. The van der Waals surface area contributed by atoms with Crippen LogP contribution in [0.2, 0.25) is 0 Å². The molecule has 0 fully saturated rings. The molecular weight excluding hydrogens is 522 g/mol. The Labute approximate surface area is 193 Å². The largest absolute Gasteiger partial charge is 0.283 e. The van der Waals surface area contributed by atoms with Crippen molar-refractivity contribution in [2.75, 3.05) is 0 Å². The van der Waals surface area contributed by atoms with E-state index in [1.54, 1.807) is 0 Å². The summed E-state index contributed by atoms with van der Waals surface area (Å²) in [7, 11) is -12.1. The molecule has 0 aliphatic rings. The van der Waals surface area contributed by atoms with Crippen LogP contribution in [-0.2, 0) is 49.8 Å². The Morgan fingerprint density at radius 2 is 0.613 bits per heavy atom. The molecular formula is C18H15O9S3Zn-3. The van der Waals surface area contributed by atoms with Gasteiger partial charge in [0.05, 0.1) is 0 Å². The van der Waals surface area contributed by atoms with Gasteiger partial charge in [0.25, 0.3) is 30.4 Å². The molecule has 13 heteroatoms. The number of rotatable bonds is 3. The Kier molecular flexibility index (Phi) is 11.9. The molecule has 3 N–H and O–H groups in total. The smallest absolute Gasteiger partial charge is 0.271 e. The first-order valence-corrected chi connectivity index (χ1v) is 11.9. The average Bonchev–Trinajstić information content (AvgIpc) is 2.69. The Hall–Kier alpha value is -1.99. The van der Waals surface area contributed by atoms with Gasteiger partial charge in [-0.3, -0.25) is 13.7 Å². The monoisotopic (exact) mass is 535 g/mol. The van der Waals surface area contributed by atoms with Crippen molar-refractivity contribution < 1.29 is 58.4 Å². The van der Waals surface area contributed by atoms with Crippen LogP contribution in [0.3, 0.4) is 0 Å². The zero-order valence-corrected chi connectivity index (χ0v) is 21.1. The molecule has 0 spiro atoms. The van der Waals surface area contributed by atoms with Crippen molar-refractivity contribution in [2.24, 2.45) is 0 Å². The van der Waals surface area contributed by atoms with Crippen LogP contribution in [0.5, 0.6) is 0 Å². The second-order valence-electron chi connectivity index (χ2n) is 5.13. The fourth-order valence-corrected chi connectivity index (χ4v) is 3.07. The fourth-order valence-electron chi connectivity index (χ4n) is 1.63. The molecule has 0 aliphatic heterocycles. The van der Waals surface area contributed by atoms with Crippen LogP contribution in [0.4, 0.5) is 0 Å². The number of benzene rings is 3. The molecule has 0 saturated carbocycles. The standard InChI is InChI=1S/3C6H5O3S.Zn/c3*7-10(8,9)6-4-2-1-3-5-6;/h3*2-5H,(H,7,8,9);/q3*-1;. The van der Waals surface area contributed by atoms with Gasteiger partial charge in [-0.1, -0.05) is 0 Å². The molecule has 0 atom stereocenters. The van der Waals surface area contributed by atoms with Gasteiger partial charge in [0.15, 0.2) is 0 Å². The van der Waals surface area contributed by atoms with Crippen LogP contribution in [0, 0.1) is 18.2 Å². The minimum Gasteiger partial charge on any atom is -0.283 e. The van der Waals surface area contributed by atoms with Crippen LogP contribution in [-0.4, -0.2) is 38.9 Å². The molecule has 3 rings (SSSR count). The normalized spacial score (nSPS) is 10.9. The summed E-state index contributed by atoms with van der Waals surface area (Å²) in [4.78, 5) is -0.316. The molecule has 3 aromatic carbocycles. The predicted octanol–water partition coefficient (Wildman–Crippen LogP) is 2.20. The maximum absolute atomic E-state index is 10.4. The van der Waals surface area contributed by atoms with Crippen LogP contribution < -0.4 is 0 Å². The zero-order chi connectivity index (χ0) is 22.8. The van der Waals surface area contributed by atoms with Crippen molar-refractivity contribution in [3.63, 3.8) is 0 Å². The van der Waals surface area contributed by atoms with Gasteiger partial charge in [-0.15, -0.1) is 36.4 Å². The summed E-state index contributed by atoms with van der Waals surface area (Å²) in [5, 5.41) is 0. The maximum Gasteiger partial charge on any atom is 0.271 e. The first-order valence-electron chi connectivity index (χ1n) is 7.62. The van der Waals surface area contributed by atoms with E-state index in [0.717, 1.165) is 0 Å². The molecule has 0 bridgehead atoms. The van der Waals surface area contributed by atoms with Crippen molar-refractivity contribution in [1.29, 1.82) is 0 Å². The minimum atomic E-state index is -4.02. The van der Waals surface area contributed by atoms with Gasteiger partial charge in [0, 0.05) is 19.5 Å². The Bertz CT molecular complexity index is 1070. The predicted molar refractivity (Wildman–Crippen MR) is 105 cm³/mol. The summed E-state index contributed by atoms with van der Waals surface area (Å²) in [6.07, 6.45) is 0. The molecule has 31 heavy (non-hydrogen) atoms. The van der Waals surface area contributed by atoms with Gasteiger partial charge in [0.1, 0.15) is 0 Å². The van der Waals surface area contributed by atoms with E-state index in [-0.39, 0.29) is 34.2 Å². The summed E-state index contributed by atoms with van der Waals surface area (Å²) in [5.74, 6) is 0. The molecule has 9 nitrogen and oxygen atoms in total. The van der Waals surface area contributed by atoms with E-state index in [1.807, 2.05) is 0 Å². The summed E-state index contributed by atoms with van der Waals surface area (Å²) < 4.78 is 87.6.